The number of aliphatic carboxylic acids is 1. The summed E-state index contributed by atoms with van der Waals surface area (Å²) in [4.78, 5) is 13.2. The van der Waals surface area contributed by atoms with E-state index in [4.69, 9.17) is 0 Å². The molecule has 0 heterocycles. The van der Waals surface area contributed by atoms with Gasteiger partial charge in [-0.05, 0) is 50.5 Å². The highest BCUT2D eigenvalue weighted by atomic mass is 16.4. The van der Waals surface area contributed by atoms with E-state index in [0.29, 0.717) is 6.42 Å². The summed E-state index contributed by atoms with van der Waals surface area (Å²) in [7, 11) is 1.84. The molecule has 0 spiro atoms. The van der Waals surface area contributed by atoms with Crippen molar-refractivity contribution in [1.82, 2.24) is 0 Å². The van der Waals surface area contributed by atoms with E-state index < -0.39 is 11.5 Å². The summed E-state index contributed by atoms with van der Waals surface area (Å²) in [5.41, 5.74) is 2.39. The number of carbonyl (C=O) groups is 1. The lowest BCUT2D eigenvalue weighted by molar-refractivity contribution is -0.142. The lowest BCUT2D eigenvalue weighted by atomic mass is 9.96. The number of carboxylic acids is 1. The van der Waals surface area contributed by atoms with Crippen molar-refractivity contribution < 1.29 is 9.90 Å². The van der Waals surface area contributed by atoms with Crippen LogP contribution in [0, 0.1) is 13.8 Å². The van der Waals surface area contributed by atoms with Gasteiger partial charge in [-0.25, -0.2) is 4.79 Å². The predicted molar refractivity (Wildman–Crippen MR) is 70.7 cm³/mol. The first-order valence-corrected chi connectivity index (χ1v) is 5.86. The maximum absolute atomic E-state index is 11.4. The molecule has 1 aromatic rings. The molecular formula is C14H21NO2. The lowest BCUT2D eigenvalue weighted by Gasteiger charge is -2.36. The second-order valence-electron chi connectivity index (χ2n) is 4.84. The highest BCUT2D eigenvalue weighted by Gasteiger charge is 2.35. The van der Waals surface area contributed by atoms with Gasteiger partial charge in [0.25, 0.3) is 0 Å². The van der Waals surface area contributed by atoms with Crippen molar-refractivity contribution in [1.29, 1.82) is 0 Å². The molecule has 1 aromatic carbocycles. The van der Waals surface area contributed by atoms with Crippen LogP contribution in [-0.2, 0) is 4.79 Å². The second kappa shape index (κ2) is 4.78. The number of anilines is 1. The van der Waals surface area contributed by atoms with Crippen molar-refractivity contribution in [2.75, 3.05) is 11.9 Å². The Morgan fingerprint density at radius 2 is 1.76 bits per heavy atom. The van der Waals surface area contributed by atoms with E-state index in [1.165, 1.54) is 0 Å². The molecule has 0 radical (unpaired) electrons. The van der Waals surface area contributed by atoms with Gasteiger partial charge in [0.05, 0.1) is 0 Å². The fourth-order valence-corrected chi connectivity index (χ4v) is 1.96. The van der Waals surface area contributed by atoms with Gasteiger partial charge in [-0.15, -0.1) is 0 Å². The quantitative estimate of drug-likeness (QED) is 0.872. The summed E-state index contributed by atoms with van der Waals surface area (Å²) in [5, 5.41) is 9.36. The fraction of sp³-hybridized carbons (Fsp3) is 0.500. The van der Waals surface area contributed by atoms with E-state index in [1.807, 2.05) is 44.9 Å². The predicted octanol–water partition coefficient (Wildman–Crippen LogP) is 2.99. The van der Waals surface area contributed by atoms with Crippen LogP contribution in [0.25, 0.3) is 0 Å². The average Bonchev–Trinajstić information content (AvgIpc) is 2.25. The van der Waals surface area contributed by atoms with Crippen LogP contribution in [0.1, 0.15) is 31.4 Å². The molecule has 0 saturated heterocycles. The van der Waals surface area contributed by atoms with Crippen molar-refractivity contribution in [2.45, 2.75) is 39.7 Å². The first-order chi connectivity index (χ1) is 7.81. The molecule has 0 aliphatic rings. The zero-order chi connectivity index (χ0) is 13.2. The number of benzene rings is 1. The van der Waals surface area contributed by atoms with Crippen LogP contribution in [0.3, 0.4) is 0 Å². The molecule has 17 heavy (non-hydrogen) atoms. The van der Waals surface area contributed by atoms with Gasteiger partial charge in [0.1, 0.15) is 5.54 Å². The highest BCUT2D eigenvalue weighted by molar-refractivity contribution is 5.83. The van der Waals surface area contributed by atoms with Gasteiger partial charge in [-0.2, -0.15) is 0 Å². The minimum Gasteiger partial charge on any atom is -0.480 e. The number of aryl methyl sites for hydroxylation is 2. The summed E-state index contributed by atoms with van der Waals surface area (Å²) >= 11 is 0. The Balaban J connectivity index is 3.18. The molecule has 0 amide bonds. The first kappa shape index (κ1) is 13.6. The minimum absolute atomic E-state index is 0.561. The van der Waals surface area contributed by atoms with Crippen molar-refractivity contribution in [3.05, 3.63) is 29.3 Å². The molecule has 0 bridgehead atoms. The molecule has 0 fully saturated rings. The molecule has 0 aliphatic heterocycles. The maximum atomic E-state index is 11.4. The number of nitrogens with zero attached hydrogens (tertiary/aromatic N) is 1. The van der Waals surface area contributed by atoms with Crippen LogP contribution >= 0.6 is 0 Å². The Labute approximate surface area is 103 Å². The van der Waals surface area contributed by atoms with Crippen molar-refractivity contribution in [3.8, 4) is 0 Å². The van der Waals surface area contributed by atoms with Crippen LogP contribution in [0.15, 0.2) is 18.2 Å². The molecule has 0 aromatic heterocycles. The third kappa shape index (κ3) is 2.60. The van der Waals surface area contributed by atoms with E-state index in [0.717, 1.165) is 16.8 Å². The maximum Gasteiger partial charge on any atom is 0.329 e. The number of likely N-dealkylation sites (N-methyl/N-ethyl adjacent to an activating group) is 1. The van der Waals surface area contributed by atoms with Gasteiger partial charge >= 0.3 is 5.97 Å². The van der Waals surface area contributed by atoms with Crippen molar-refractivity contribution in [3.63, 3.8) is 0 Å². The van der Waals surface area contributed by atoms with Gasteiger partial charge in [0.15, 0.2) is 0 Å². The van der Waals surface area contributed by atoms with Crippen LogP contribution in [0.2, 0.25) is 0 Å². The summed E-state index contributed by atoms with van der Waals surface area (Å²) in [5.74, 6) is -0.790. The summed E-state index contributed by atoms with van der Waals surface area (Å²) in [6.07, 6.45) is 0.561. The van der Waals surface area contributed by atoms with Crippen LogP contribution in [0.4, 0.5) is 5.69 Å². The third-order valence-electron chi connectivity index (χ3n) is 3.48. The topological polar surface area (TPSA) is 40.5 Å². The molecule has 1 atom stereocenters. The number of hydrogen-bond donors (Lipinski definition) is 1. The SMILES string of the molecule is CCC(C)(C(=O)O)N(C)c1cc(C)cc(C)c1. The Hall–Kier alpha value is -1.51. The minimum atomic E-state index is -0.861. The molecular weight excluding hydrogens is 214 g/mol. The van der Waals surface area contributed by atoms with E-state index in [9.17, 15) is 9.90 Å². The Bertz CT molecular complexity index is 408. The van der Waals surface area contributed by atoms with Crippen molar-refractivity contribution in [2.24, 2.45) is 0 Å². The van der Waals surface area contributed by atoms with Gasteiger partial charge in [0, 0.05) is 12.7 Å². The standard InChI is InChI=1S/C14H21NO2/c1-6-14(4,13(16)17)15(5)12-8-10(2)7-11(3)9-12/h7-9H,6H2,1-5H3,(H,16,17). The monoisotopic (exact) mass is 235 g/mol. The number of carboxylic acid groups (broad SMARTS) is 1. The Kier molecular flexibility index (Phi) is 3.81. The van der Waals surface area contributed by atoms with Crippen molar-refractivity contribution >= 4 is 11.7 Å². The number of hydrogen-bond acceptors (Lipinski definition) is 2. The fourth-order valence-electron chi connectivity index (χ4n) is 1.96. The molecule has 94 valence electrons. The Morgan fingerprint density at radius 3 is 2.12 bits per heavy atom. The normalized spacial score (nSPS) is 14.2. The highest BCUT2D eigenvalue weighted by Crippen LogP contribution is 2.27. The van der Waals surface area contributed by atoms with E-state index >= 15 is 0 Å². The van der Waals surface area contributed by atoms with E-state index in [2.05, 4.69) is 6.07 Å². The molecule has 1 rings (SSSR count). The molecule has 0 aliphatic carbocycles. The molecule has 3 heteroatoms. The first-order valence-electron chi connectivity index (χ1n) is 5.86. The van der Waals surface area contributed by atoms with E-state index in [-0.39, 0.29) is 0 Å². The third-order valence-corrected chi connectivity index (χ3v) is 3.48. The zero-order valence-electron chi connectivity index (χ0n) is 11.2. The summed E-state index contributed by atoms with van der Waals surface area (Å²) < 4.78 is 0. The van der Waals surface area contributed by atoms with E-state index in [1.54, 1.807) is 6.92 Å². The van der Waals surface area contributed by atoms with Crippen LogP contribution in [-0.4, -0.2) is 23.7 Å². The lowest BCUT2D eigenvalue weighted by Crippen LogP contribution is -2.50. The summed E-state index contributed by atoms with van der Waals surface area (Å²) in [6.45, 7) is 7.70. The summed E-state index contributed by atoms with van der Waals surface area (Å²) in [6, 6.07) is 6.12. The second-order valence-corrected chi connectivity index (χ2v) is 4.84. The largest absolute Gasteiger partial charge is 0.480 e. The smallest absolute Gasteiger partial charge is 0.329 e. The molecule has 3 nitrogen and oxygen atoms in total. The average molecular weight is 235 g/mol. The number of rotatable bonds is 4. The molecule has 1 N–H and O–H groups in total. The van der Waals surface area contributed by atoms with Gasteiger partial charge in [-0.1, -0.05) is 13.0 Å². The molecule has 1 unspecified atom stereocenters. The van der Waals surface area contributed by atoms with Gasteiger partial charge < -0.3 is 10.0 Å². The molecule has 0 saturated carbocycles. The van der Waals surface area contributed by atoms with Crippen LogP contribution < -0.4 is 4.90 Å². The zero-order valence-corrected chi connectivity index (χ0v) is 11.2. The van der Waals surface area contributed by atoms with Gasteiger partial charge in [0.2, 0.25) is 0 Å². The van der Waals surface area contributed by atoms with Gasteiger partial charge in [-0.3, -0.25) is 0 Å². The Morgan fingerprint density at radius 1 is 1.29 bits per heavy atom. The van der Waals surface area contributed by atoms with Crippen LogP contribution in [0.5, 0.6) is 0 Å².